The lowest BCUT2D eigenvalue weighted by Crippen LogP contribution is -2.61. The Bertz CT molecular complexity index is 291. The van der Waals surface area contributed by atoms with Gasteiger partial charge in [-0.3, -0.25) is 4.79 Å². The third kappa shape index (κ3) is 2.99. The zero-order valence-corrected chi connectivity index (χ0v) is 11.5. The van der Waals surface area contributed by atoms with E-state index in [1.54, 1.807) is 11.9 Å². The molecule has 2 unspecified atom stereocenters. The molecule has 1 aliphatic rings. The van der Waals surface area contributed by atoms with Gasteiger partial charge >= 0.3 is 0 Å². The summed E-state index contributed by atoms with van der Waals surface area (Å²) < 4.78 is 0. The molecule has 0 aliphatic heterocycles. The molecule has 0 aromatic rings. The first-order chi connectivity index (χ1) is 7.73. The molecule has 0 bridgehead atoms. The molecule has 2 atom stereocenters. The largest absolute Gasteiger partial charge is 0.394 e. The number of nitrogens with zero attached hydrogens (tertiary/aromatic N) is 1. The maximum atomic E-state index is 12.5. The van der Waals surface area contributed by atoms with Gasteiger partial charge in [-0.05, 0) is 32.6 Å². The second-order valence-electron chi connectivity index (χ2n) is 6.19. The Kier molecular flexibility index (Phi) is 4.20. The van der Waals surface area contributed by atoms with E-state index in [1.807, 2.05) is 13.8 Å². The standard InChI is InChI=1S/C13H26N2O2/c1-10-6-5-7-13(14,8-10)11(17)15(4)12(2,3)9-16/h10,16H,5-9,14H2,1-4H3. The molecular formula is C13H26N2O2. The number of rotatable bonds is 3. The van der Waals surface area contributed by atoms with E-state index in [0.29, 0.717) is 5.92 Å². The molecule has 1 fully saturated rings. The van der Waals surface area contributed by atoms with Crippen LogP contribution in [0.4, 0.5) is 0 Å². The number of hydrogen-bond acceptors (Lipinski definition) is 3. The van der Waals surface area contributed by atoms with Crippen molar-refractivity contribution in [3.05, 3.63) is 0 Å². The molecule has 1 rings (SSSR count). The lowest BCUT2D eigenvalue weighted by atomic mass is 9.76. The van der Waals surface area contributed by atoms with Gasteiger partial charge < -0.3 is 15.7 Å². The lowest BCUT2D eigenvalue weighted by Gasteiger charge is -2.43. The monoisotopic (exact) mass is 242 g/mol. The van der Waals surface area contributed by atoms with Crippen LogP contribution in [-0.4, -0.2) is 40.6 Å². The van der Waals surface area contributed by atoms with E-state index >= 15 is 0 Å². The number of nitrogens with two attached hydrogens (primary N) is 1. The quantitative estimate of drug-likeness (QED) is 0.779. The van der Waals surface area contributed by atoms with Crippen LogP contribution in [0.1, 0.15) is 46.5 Å². The van der Waals surface area contributed by atoms with Crippen molar-refractivity contribution in [1.82, 2.24) is 4.90 Å². The second kappa shape index (κ2) is 4.94. The van der Waals surface area contributed by atoms with Gasteiger partial charge in [-0.1, -0.05) is 19.8 Å². The third-order valence-electron chi connectivity index (χ3n) is 4.06. The molecule has 0 aromatic carbocycles. The predicted octanol–water partition coefficient (Wildman–Crippen LogP) is 1.12. The summed E-state index contributed by atoms with van der Waals surface area (Å²) in [5, 5.41) is 9.31. The van der Waals surface area contributed by atoms with Crippen LogP contribution in [0, 0.1) is 5.92 Å². The first kappa shape index (κ1) is 14.5. The van der Waals surface area contributed by atoms with Gasteiger partial charge in [0, 0.05) is 7.05 Å². The van der Waals surface area contributed by atoms with E-state index in [-0.39, 0.29) is 12.5 Å². The summed E-state index contributed by atoms with van der Waals surface area (Å²) in [6.07, 6.45) is 3.66. The SMILES string of the molecule is CC1CCCC(N)(C(=O)N(C)C(C)(C)CO)C1. The van der Waals surface area contributed by atoms with Crippen molar-refractivity contribution in [3.63, 3.8) is 0 Å². The van der Waals surface area contributed by atoms with Crippen LogP contribution in [0.2, 0.25) is 0 Å². The number of amides is 1. The molecule has 1 saturated carbocycles. The summed E-state index contributed by atoms with van der Waals surface area (Å²) in [6, 6.07) is 0. The molecule has 17 heavy (non-hydrogen) atoms. The molecule has 4 heteroatoms. The summed E-state index contributed by atoms with van der Waals surface area (Å²) in [4.78, 5) is 14.1. The highest BCUT2D eigenvalue weighted by atomic mass is 16.3. The molecule has 100 valence electrons. The van der Waals surface area contributed by atoms with Gasteiger partial charge in [-0.25, -0.2) is 0 Å². The van der Waals surface area contributed by atoms with Crippen LogP contribution in [-0.2, 0) is 4.79 Å². The van der Waals surface area contributed by atoms with Crippen molar-refractivity contribution in [1.29, 1.82) is 0 Å². The van der Waals surface area contributed by atoms with E-state index in [1.165, 1.54) is 0 Å². The maximum Gasteiger partial charge on any atom is 0.242 e. The van der Waals surface area contributed by atoms with E-state index in [4.69, 9.17) is 5.73 Å². The molecule has 0 heterocycles. The Morgan fingerprint density at radius 1 is 1.59 bits per heavy atom. The number of carbonyl (C=O) groups excluding carboxylic acids is 1. The van der Waals surface area contributed by atoms with Crippen LogP contribution in [0.15, 0.2) is 0 Å². The summed E-state index contributed by atoms with van der Waals surface area (Å²) in [5.74, 6) is 0.464. The first-order valence-electron chi connectivity index (χ1n) is 6.41. The predicted molar refractivity (Wildman–Crippen MR) is 68.5 cm³/mol. The Morgan fingerprint density at radius 3 is 2.65 bits per heavy atom. The zero-order chi connectivity index (χ0) is 13.3. The molecule has 0 radical (unpaired) electrons. The van der Waals surface area contributed by atoms with Crippen LogP contribution < -0.4 is 5.73 Å². The van der Waals surface area contributed by atoms with E-state index in [0.717, 1.165) is 25.7 Å². The third-order valence-corrected chi connectivity index (χ3v) is 4.06. The van der Waals surface area contributed by atoms with Crippen molar-refractivity contribution in [3.8, 4) is 0 Å². The Labute approximate surface area is 104 Å². The summed E-state index contributed by atoms with van der Waals surface area (Å²) >= 11 is 0. The zero-order valence-electron chi connectivity index (χ0n) is 11.5. The van der Waals surface area contributed by atoms with Crippen molar-refractivity contribution >= 4 is 5.91 Å². The second-order valence-corrected chi connectivity index (χ2v) is 6.19. The van der Waals surface area contributed by atoms with E-state index < -0.39 is 11.1 Å². The molecule has 1 amide bonds. The van der Waals surface area contributed by atoms with Gasteiger partial charge in [-0.2, -0.15) is 0 Å². The van der Waals surface area contributed by atoms with Gasteiger partial charge in [0.1, 0.15) is 0 Å². The normalized spacial score (nSPS) is 30.1. The molecule has 3 N–H and O–H groups in total. The maximum absolute atomic E-state index is 12.5. The topological polar surface area (TPSA) is 66.6 Å². The van der Waals surface area contributed by atoms with Gasteiger partial charge in [0.2, 0.25) is 5.91 Å². The highest BCUT2D eigenvalue weighted by Crippen LogP contribution is 2.32. The average Bonchev–Trinajstić information content (AvgIpc) is 2.26. The van der Waals surface area contributed by atoms with Crippen LogP contribution in [0.25, 0.3) is 0 Å². The van der Waals surface area contributed by atoms with Gasteiger partial charge in [0.25, 0.3) is 0 Å². The number of aliphatic hydroxyl groups excluding tert-OH is 1. The lowest BCUT2D eigenvalue weighted by molar-refractivity contribution is -0.143. The van der Waals surface area contributed by atoms with E-state index in [9.17, 15) is 9.90 Å². The number of carbonyl (C=O) groups is 1. The minimum Gasteiger partial charge on any atom is -0.394 e. The van der Waals surface area contributed by atoms with Crippen LogP contribution in [0.5, 0.6) is 0 Å². The summed E-state index contributed by atoms with van der Waals surface area (Å²) in [6.45, 7) is 5.78. The van der Waals surface area contributed by atoms with Crippen LogP contribution >= 0.6 is 0 Å². The van der Waals surface area contributed by atoms with Crippen molar-refractivity contribution < 1.29 is 9.90 Å². The van der Waals surface area contributed by atoms with Crippen LogP contribution in [0.3, 0.4) is 0 Å². The number of hydrogen-bond donors (Lipinski definition) is 2. The average molecular weight is 242 g/mol. The van der Waals surface area contributed by atoms with Crippen molar-refractivity contribution in [2.24, 2.45) is 11.7 Å². The molecule has 1 aliphatic carbocycles. The molecular weight excluding hydrogens is 216 g/mol. The minimum atomic E-state index is -0.737. The van der Waals surface area contributed by atoms with Crippen molar-refractivity contribution in [2.75, 3.05) is 13.7 Å². The smallest absolute Gasteiger partial charge is 0.242 e. The summed E-state index contributed by atoms with van der Waals surface area (Å²) in [7, 11) is 1.73. The number of likely N-dealkylation sites (N-methyl/N-ethyl adjacent to an activating group) is 1. The Morgan fingerprint density at radius 2 is 2.18 bits per heavy atom. The molecule has 4 nitrogen and oxygen atoms in total. The fourth-order valence-corrected chi connectivity index (χ4v) is 2.50. The summed E-state index contributed by atoms with van der Waals surface area (Å²) in [5.41, 5.74) is 4.98. The fourth-order valence-electron chi connectivity index (χ4n) is 2.50. The highest BCUT2D eigenvalue weighted by molar-refractivity contribution is 5.86. The number of aliphatic hydroxyl groups is 1. The van der Waals surface area contributed by atoms with E-state index in [2.05, 4.69) is 6.92 Å². The van der Waals surface area contributed by atoms with Gasteiger partial charge in [0.05, 0.1) is 17.7 Å². The van der Waals surface area contributed by atoms with Gasteiger partial charge in [0.15, 0.2) is 0 Å². The molecule has 0 spiro atoms. The molecule has 0 saturated heterocycles. The Hall–Kier alpha value is -0.610. The minimum absolute atomic E-state index is 0.0388. The Balaban J connectivity index is 2.81. The highest BCUT2D eigenvalue weighted by Gasteiger charge is 2.42. The van der Waals surface area contributed by atoms with Crippen molar-refractivity contribution in [2.45, 2.75) is 57.5 Å². The fraction of sp³-hybridized carbons (Fsp3) is 0.923. The first-order valence-corrected chi connectivity index (χ1v) is 6.41. The van der Waals surface area contributed by atoms with Gasteiger partial charge in [-0.15, -0.1) is 0 Å². The molecule has 0 aromatic heterocycles.